The summed E-state index contributed by atoms with van der Waals surface area (Å²) < 4.78 is 15.3. The lowest BCUT2D eigenvalue weighted by atomic mass is 9.82. The minimum atomic E-state index is 0.411. The van der Waals surface area contributed by atoms with Crippen LogP contribution in [0.25, 0.3) is 0 Å². The molecule has 2 N–H and O–H groups in total. The summed E-state index contributed by atoms with van der Waals surface area (Å²) in [7, 11) is 3.63. The topological polar surface area (TPSA) is 164 Å². The van der Waals surface area contributed by atoms with Crippen LogP contribution in [0.1, 0.15) is 54.0 Å². The van der Waals surface area contributed by atoms with E-state index < -0.39 is 0 Å². The van der Waals surface area contributed by atoms with E-state index in [1.807, 2.05) is 59.0 Å². The van der Waals surface area contributed by atoms with Crippen LogP contribution in [-0.2, 0) is 20.5 Å². The molecule has 2 saturated carbocycles. The van der Waals surface area contributed by atoms with E-state index in [0.29, 0.717) is 73.9 Å². The zero-order chi connectivity index (χ0) is 44.4. The van der Waals surface area contributed by atoms with E-state index in [1.165, 1.54) is 25.7 Å². The number of fused-ring (bicyclic) bond motifs is 4. The van der Waals surface area contributed by atoms with Crippen LogP contribution in [0.15, 0.2) is 65.9 Å². The SMILES string of the molecule is Cc1cc(Cl)cc(Oc2nc(Br)nn2C)c1.Cc1cc(Cl)cc(Oc2nc(CC3C4CCC3CN(c3cc(C)ncn3)C4)nn2C)c1.Cc1cc(N2CC3CCC(C2)C3N)ncn1. The fourth-order valence-electron chi connectivity index (χ4n) is 9.50. The highest BCUT2D eigenvalue weighted by Crippen LogP contribution is 2.44. The second-order valence-corrected chi connectivity index (χ2v) is 18.9. The zero-order valence-corrected chi connectivity index (χ0v) is 39.6. The lowest BCUT2D eigenvalue weighted by Gasteiger charge is -2.38. The molecule has 15 nitrogen and oxygen atoms in total. The van der Waals surface area contributed by atoms with Gasteiger partial charge in [-0.1, -0.05) is 23.2 Å². The predicted molar refractivity (Wildman–Crippen MR) is 248 cm³/mol. The Morgan fingerprint density at radius 1 is 0.619 bits per heavy atom. The molecular weight excluding hydrogens is 905 g/mol. The van der Waals surface area contributed by atoms with Gasteiger partial charge in [0, 0.05) is 86.3 Å². The van der Waals surface area contributed by atoms with Gasteiger partial charge in [-0.05, 0) is 146 Å². The third kappa shape index (κ3) is 11.1. The summed E-state index contributed by atoms with van der Waals surface area (Å²) >= 11 is 15.3. The zero-order valence-electron chi connectivity index (χ0n) is 36.5. The van der Waals surface area contributed by atoms with Gasteiger partial charge in [-0.15, -0.1) is 5.10 Å². The van der Waals surface area contributed by atoms with Gasteiger partial charge in [0.2, 0.25) is 4.73 Å². The number of nitrogens with zero attached hydrogens (tertiary/aromatic N) is 12. The summed E-state index contributed by atoms with van der Waals surface area (Å²) in [5, 5.41) is 9.95. The summed E-state index contributed by atoms with van der Waals surface area (Å²) in [6.07, 6.45) is 9.29. The fourth-order valence-corrected chi connectivity index (χ4v) is 10.5. The average molecular weight is 960 g/mol. The van der Waals surface area contributed by atoms with E-state index in [4.69, 9.17) is 43.4 Å². The summed E-state index contributed by atoms with van der Waals surface area (Å²) in [6.45, 7) is 12.2. The van der Waals surface area contributed by atoms with Crippen LogP contribution in [0, 0.1) is 57.3 Å². The third-order valence-corrected chi connectivity index (χ3v) is 13.3. The average Bonchev–Trinajstić information content (AvgIpc) is 3.85. The maximum atomic E-state index is 6.20. The van der Waals surface area contributed by atoms with Gasteiger partial charge >= 0.3 is 12.0 Å². The van der Waals surface area contributed by atoms with E-state index in [1.54, 1.807) is 41.2 Å². The molecule has 2 aromatic carbocycles. The molecule has 63 heavy (non-hydrogen) atoms. The molecule has 2 aliphatic carbocycles. The number of aryl methyl sites for hydroxylation is 6. The van der Waals surface area contributed by atoms with Crippen molar-refractivity contribution in [2.45, 2.75) is 65.8 Å². The van der Waals surface area contributed by atoms with Gasteiger partial charge in [0.15, 0.2) is 5.82 Å². The Bertz CT molecular complexity index is 2470. The minimum absolute atomic E-state index is 0.411. The molecule has 4 aromatic heterocycles. The molecule has 4 unspecified atom stereocenters. The lowest BCUT2D eigenvalue weighted by Crippen LogP contribution is -2.49. The van der Waals surface area contributed by atoms with Crippen LogP contribution in [0.2, 0.25) is 10.0 Å². The first-order valence-electron chi connectivity index (χ1n) is 21.4. The fraction of sp³-hybridized carbons (Fsp3) is 0.467. The number of ether oxygens (including phenoxy) is 2. The van der Waals surface area contributed by atoms with Crippen molar-refractivity contribution >= 4 is 50.8 Å². The quantitative estimate of drug-likeness (QED) is 0.154. The molecule has 18 heteroatoms. The van der Waals surface area contributed by atoms with Crippen molar-refractivity contribution in [2.24, 2.45) is 49.4 Å². The smallest absolute Gasteiger partial charge is 0.321 e. The minimum Gasteiger partial charge on any atom is -0.424 e. The molecule has 6 aromatic rings. The Balaban J connectivity index is 0.000000143. The monoisotopic (exact) mass is 957 g/mol. The first-order valence-corrected chi connectivity index (χ1v) is 23.0. The summed E-state index contributed by atoms with van der Waals surface area (Å²) in [5.41, 5.74) is 10.3. The Morgan fingerprint density at radius 3 is 1.54 bits per heavy atom. The van der Waals surface area contributed by atoms with Crippen molar-refractivity contribution in [1.29, 1.82) is 0 Å². The summed E-state index contributed by atoms with van der Waals surface area (Å²) in [4.78, 5) is 30.8. The maximum absolute atomic E-state index is 6.20. The van der Waals surface area contributed by atoms with Gasteiger partial charge in [-0.25, -0.2) is 29.3 Å². The molecule has 6 heterocycles. The molecule has 2 saturated heterocycles. The first-order chi connectivity index (χ1) is 30.2. The molecule has 4 atom stereocenters. The standard InChI is InChI=1S/C23H27ClN6O.C12H18N4.C10H9BrClN3O/c1-14-6-18(24)9-19(7-14)31-23-27-21(28-29(23)3)10-20-16-4-5-17(20)12-30(11-16)22-8-15(2)25-13-26-22;1-8-4-11(15-7-14-8)16-5-9-2-3-10(6-16)12(9)13;1-6-3-7(12)5-8(4-6)16-10-13-9(11)14-15(10)2/h6-9,13,16-17,20H,4-5,10-12H2,1-3H3;4,7,9-10,12H,2-3,5-6,13H2,1H3;3-5H,1-2H3. The predicted octanol–water partition coefficient (Wildman–Crippen LogP) is 8.66. The highest BCUT2D eigenvalue weighted by atomic mass is 79.9. The number of hydrogen-bond acceptors (Lipinski definition) is 13. The number of benzene rings is 2. The molecule has 2 aliphatic heterocycles. The molecule has 0 amide bonds. The van der Waals surface area contributed by atoms with Gasteiger partial charge in [0.25, 0.3) is 0 Å². The first kappa shape index (κ1) is 44.7. The molecule has 4 bridgehead atoms. The van der Waals surface area contributed by atoms with Crippen LogP contribution < -0.4 is 25.0 Å². The lowest BCUT2D eigenvalue weighted by molar-refractivity contribution is 0.264. The van der Waals surface area contributed by atoms with E-state index >= 15 is 0 Å². The largest absolute Gasteiger partial charge is 0.424 e. The van der Waals surface area contributed by atoms with Crippen LogP contribution in [0.3, 0.4) is 0 Å². The van der Waals surface area contributed by atoms with E-state index in [9.17, 15) is 0 Å². The Morgan fingerprint density at radius 2 is 1.08 bits per heavy atom. The van der Waals surface area contributed by atoms with Gasteiger partial charge < -0.3 is 25.0 Å². The number of halogens is 3. The van der Waals surface area contributed by atoms with Crippen LogP contribution >= 0.6 is 39.1 Å². The normalized spacial score (nSPS) is 22.3. The van der Waals surface area contributed by atoms with Crippen molar-refractivity contribution in [1.82, 2.24) is 49.5 Å². The van der Waals surface area contributed by atoms with Gasteiger partial charge in [-0.3, -0.25) is 0 Å². The van der Waals surface area contributed by atoms with Crippen molar-refractivity contribution in [3.05, 3.63) is 104 Å². The van der Waals surface area contributed by atoms with Crippen LogP contribution in [0.5, 0.6) is 23.5 Å². The van der Waals surface area contributed by atoms with Crippen LogP contribution in [0.4, 0.5) is 11.6 Å². The van der Waals surface area contributed by atoms with Crippen molar-refractivity contribution in [3.8, 4) is 23.5 Å². The second-order valence-electron chi connectivity index (χ2n) is 17.3. The number of nitrogens with two attached hydrogens (primary N) is 1. The number of rotatable bonds is 8. The number of piperidine rings is 2. The molecule has 4 aliphatic rings. The number of anilines is 2. The molecule has 10 rings (SSSR count). The highest BCUT2D eigenvalue weighted by molar-refractivity contribution is 9.10. The van der Waals surface area contributed by atoms with Gasteiger partial charge in [-0.2, -0.15) is 15.1 Å². The second kappa shape index (κ2) is 19.5. The van der Waals surface area contributed by atoms with E-state index in [-0.39, 0.29) is 0 Å². The Hall–Kier alpha value is -4.90. The number of aromatic nitrogens is 10. The molecule has 4 fully saturated rings. The van der Waals surface area contributed by atoms with Crippen molar-refractivity contribution in [2.75, 3.05) is 36.0 Å². The molecule has 0 radical (unpaired) electrons. The summed E-state index contributed by atoms with van der Waals surface area (Å²) in [5.74, 6) is 7.49. The van der Waals surface area contributed by atoms with E-state index in [2.05, 4.69) is 73.0 Å². The molecule has 332 valence electrons. The molecule has 0 spiro atoms. The summed E-state index contributed by atoms with van der Waals surface area (Å²) in [6, 6.07) is 16.6. The Labute approximate surface area is 386 Å². The van der Waals surface area contributed by atoms with Crippen LogP contribution in [-0.4, -0.2) is 81.7 Å². The Kier molecular flexibility index (Phi) is 13.8. The number of hydrogen-bond donors (Lipinski definition) is 1. The maximum Gasteiger partial charge on any atom is 0.321 e. The molecular formula is C45H54BrCl2N13O2. The van der Waals surface area contributed by atoms with E-state index in [0.717, 1.165) is 72.6 Å². The van der Waals surface area contributed by atoms with Crippen molar-refractivity contribution < 1.29 is 9.47 Å². The highest BCUT2D eigenvalue weighted by Gasteiger charge is 2.43. The van der Waals surface area contributed by atoms with Gasteiger partial charge in [0.05, 0.1) is 0 Å². The van der Waals surface area contributed by atoms with Crippen molar-refractivity contribution in [3.63, 3.8) is 0 Å². The van der Waals surface area contributed by atoms with Gasteiger partial charge in [0.1, 0.15) is 35.8 Å². The third-order valence-electron chi connectivity index (χ3n) is 12.5.